The summed E-state index contributed by atoms with van der Waals surface area (Å²) in [6, 6.07) is 0. The highest BCUT2D eigenvalue weighted by atomic mass is 16.5. The second-order valence-corrected chi connectivity index (χ2v) is 9.80. The van der Waals surface area contributed by atoms with E-state index < -0.39 is 41.1 Å². The number of hydrogen-bond donors (Lipinski definition) is 2. The van der Waals surface area contributed by atoms with E-state index in [2.05, 4.69) is 13.8 Å². The summed E-state index contributed by atoms with van der Waals surface area (Å²) in [5.41, 5.74) is -0.644. The van der Waals surface area contributed by atoms with Crippen LogP contribution >= 0.6 is 0 Å². The fraction of sp³-hybridized carbons (Fsp3) is 0.696. The van der Waals surface area contributed by atoms with Crippen LogP contribution in [0.1, 0.15) is 53.9 Å². The standard InChI is InChI=1S/C23H32O7/c1-11(10-30-12(2)24)13-16(25)14-15(18(27)17(13)26)23(5)9-7-8-22(3,4)21(23)19(28)20(14)29-6/h11,19-21,25,28H,7-10H2,1-6H3/t11-,19-,20+,21+,23-/m1/s1. The number of allylic oxidation sites excluding steroid dienone is 1. The van der Waals surface area contributed by atoms with Crippen LogP contribution in [0.5, 0.6) is 0 Å². The predicted octanol–water partition coefficient (Wildman–Crippen LogP) is 2.67. The van der Waals surface area contributed by atoms with Gasteiger partial charge in [0, 0.05) is 42.4 Å². The molecule has 166 valence electrons. The van der Waals surface area contributed by atoms with Crippen molar-refractivity contribution < 1.29 is 34.1 Å². The first kappa shape index (κ1) is 22.7. The van der Waals surface area contributed by atoms with Crippen molar-refractivity contribution in [2.24, 2.45) is 22.7 Å². The third-order valence-electron chi connectivity index (χ3n) is 7.29. The van der Waals surface area contributed by atoms with Gasteiger partial charge in [0.15, 0.2) is 0 Å². The Morgan fingerprint density at radius 3 is 2.40 bits per heavy atom. The van der Waals surface area contributed by atoms with Crippen LogP contribution in [0.2, 0.25) is 0 Å². The molecule has 0 aromatic rings. The van der Waals surface area contributed by atoms with E-state index in [1.807, 2.05) is 6.92 Å². The van der Waals surface area contributed by atoms with E-state index in [0.29, 0.717) is 6.42 Å². The van der Waals surface area contributed by atoms with Gasteiger partial charge in [-0.05, 0) is 18.3 Å². The van der Waals surface area contributed by atoms with Crippen LogP contribution in [0, 0.1) is 22.7 Å². The summed E-state index contributed by atoms with van der Waals surface area (Å²) in [6.07, 6.45) is 0.504. The Bertz CT molecular complexity index is 850. The maximum atomic E-state index is 13.4. The number of aliphatic hydroxyl groups excluding tert-OH is 2. The molecule has 0 aliphatic heterocycles. The first-order valence-electron chi connectivity index (χ1n) is 10.5. The van der Waals surface area contributed by atoms with Gasteiger partial charge >= 0.3 is 5.97 Å². The van der Waals surface area contributed by atoms with Crippen LogP contribution in [0.4, 0.5) is 0 Å². The second kappa shape index (κ2) is 7.61. The molecule has 30 heavy (non-hydrogen) atoms. The molecule has 0 spiro atoms. The van der Waals surface area contributed by atoms with Gasteiger partial charge in [0.25, 0.3) is 0 Å². The second-order valence-electron chi connectivity index (χ2n) is 9.80. The van der Waals surface area contributed by atoms with E-state index in [4.69, 9.17) is 9.47 Å². The first-order valence-corrected chi connectivity index (χ1v) is 10.5. The van der Waals surface area contributed by atoms with E-state index in [9.17, 15) is 24.6 Å². The molecule has 0 aromatic carbocycles. The van der Waals surface area contributed by atoms with Crippen molar-refractivity contribution in [2.75, 3.05) is 13.7 Å². The number of esters is 1. The highest BCUT2D eigenvalue weighted by molar-refractivity contribution is 6.50. The monoisotopic (exact) mass is 420 g/mol. The summed E-state index contributed by atoms with van der Waals surface area (Å²) >= 11 is 0. The number of rotatable bonds is 4. The Morgan fingerprint density at radius 2 is 1.83 bits per heavy atom. The normalized spacial score (nSPS) is 34.4. The van der Waals surface area contributed by atoms with E-state index in [0.717, 1.165) is 12.8 Å². The van der Waals surface area contributed by atoms with E-state index in [1.54, 1.807) is 6.92 Å². The van der Waals surface area contributed by atoms with Gasteiger partial charge in [0.05, 0.1) is 18.3 Å². The summed E-state index contributed by atoms with van der Waals surface area (Å²) in [4.78, 5) is 37.7. The number of ketones is 2. The molecule has 3 rings (SSSR count). The quantitative estimate of drug-likeness (QED) is 0.409. The molecule has 0 saturated heterocycles. The van der Waals surface area contributed by atoms with Gasteiger partial charge in [0.2, 0.25) is 11.6 Å². The Morgan fingerprint density at radius 1 is 1.20 bits per heavy atom. The lowest BCUT2D eigenvalue weighted by Gasteiger charge is -2.58. The maximum absolute atomic E-state index is 13.4. The maximum Gasteiger partial charge on any atom is 0.302 e. The zero-order valence-corrected chi connectivity index (χ0v) is 18.6. The molecule has 2 N–H and O–H groups in total. The lowest BCUT2D eigenvalue weighted by atomic mass is 9.47. The van der Waals surface area contributed by atoms with Crippen molar-refractivity contribution in [3.63, 3.8) is 0 Å². The van der Waals surface area contributed by atoms with Gasteiger partial charge in [-0.1, -0.05) is 34.1 Å². The van der Waals surface area contributed by atoms with Crippen LogP contribution < -0.4 is 0 Å². The number of aliphatic hydroxyl groups is 2. The minimum absolute atomic E-state index is 0.0913. The number of carbonyl (C=O) groups is 3. The van der Waals surface area contributed by atoms with Gasteiger partial charge in [-0.2, -0.15) is 0 Å². The number of fused-ring (bicyclic) bond motifs is 2. The Balaban J connectivity index is 2.22. The van der Waals surface area contributed by atoms with E-state index in [-0.39, 0.29) is 40.4 Å². The minimum Gasteiger partial charge on any atom is -0.507 e. The topological polar surface area (TPSA) is 110 Å². The van der Waals surface area contributed by atoms with Crippen LogP contribution in [0.25, 0.3) is 0 Å². The molecule has 0 radical (unpaired) electrons. The Labute approximate surface area is 177 Å². The molecular formula is C23H32O7. The zero-order valence-electron chi connectivity index (χ0n) is 18.6. The van der Waals surface area contributed by atoms with Crippen molar-refractivity contribution in [3.8, 4) is 0 Å². The van der Waals surface area contributed by atoms with E-state index in [1.165, 1.54) is 14.0 Å². The molecule has 0 heterocycles. The molecule has 0 aromatic heterocycles. The molecular weight excluding hydrogens is 388 g/mol. The van der Waals surface area contributed by atoms with Crippen molar-refractivity contribution >= 4 is 17.5 Å². The molecule has 5 atom stereocenters. The highest BCUT2D eigenvalue weighted by Crippen LogP contribution is 2.61. The van der Waals surface area contributed by atoms with Gasteiger partial charge in [-0.15, -0.1) is 0 Å². The number of methoxy groups -OCH3 is 1. The molecule has 0 unspecified atom stereocenters. The minimum atomic E-state index is -0.942. The first-order chi connectivity index (χ1) is 13.9. The number of carbonyl (C=O) groups excluding carboxylic acids is 3. The fourth-order valence-corrected chi connectivity index (χ4v) is 6.16. The van der Waals surface area contributed by atoms with Crippen molar-refractivity contribution in [3.05, 3.63) is 22.5 Å². The number of ether oxygens (including phenoxy) is 2. The number of Topliss-reactive ketones (excluding diaryl/α,β-unsaturated/α-hetero) is 2. The molecule has 3 aliphatic carbocycles. The van der Waals surface area contributed by atoms with E-state index >= 15 is 0 Å². The van der Waals surface area contributed by atoms with Crippen LogP contribution in [-0.2, 0) is 23.9 Å². The summed E-state index contributed by atoms with van der Waals surface area (Å²) in [6.45, 7) is 8.76. The van der Waals surface area contributed by atoms with Crippen LogP contribution in [-0.4, -0.2) is 53.7 Å². The highest BCUT2D eigenvalue weighted by Gasteiger charge is 2.61. The smallest absolute Gasteiger partial charge is 0.302 e. The average molecular weight is 421 g/mol. The van der Waals surface area contributed by atoms with Crippen molar-refractivity contribution in [1.29, 1.82) is 0 Å². The Hall–Kier alpha value is -1.99. The Kier molecular flexibility index (Phi) is 5.75. The molecule has 7 nitrogen and oxygen atoms in total. The molecule has 3 aliphatic rings. The average Bonchev–Trinajstić information content (AvgIpc) is 2.63. The van der Waals surface area contributed by atoms with Crippen LogP contribution in [0.15, 0.2) is 22.5 Å². The summed E-state index contributed by atoms with van der Waals surface area (Å²) in [5.74, 6) is -3.26. The predicted molar refractivity (Wildman–Crippen MR) is 109 cm³/mol. The van der Waals surface area contributed by atoms with Gasteiger partial charge in [-0.3, -0.25) is 14.4 Å². The summed E-state index contributed by atoms with van der Waals surface area (Å²) in [7, 11) is 1.42. The SMILES string of the molecule is CO[C@H]1C2=C(C(=O)C(=O)C([C@H](C)COC(C)=O)=C2O)[C@@]2(C)CCCC(C)(C)[C@@H]2[C@@H]1O. The lowest BCUT2D eigenvalue weighted by molar-refractivity contribution is -0.144. The summed E-state index contributed by atoms with van der Waals surface area (Å²) < 4.78 is 10.6. The third-order valence-corrected chi connectivity index (χ3v) is 7.29. The molecule has 1 fully saturated rings. The molecule has 0 amide bonds. The third kappa shape index (κ3) is 3.23. The van der Waals surface area contributed by atoms with Gasteiger partial charge < -0.3 is 19.7 Å². The largest absolute Gasteiger partial charge is 0.507 e. The molecule has 0 bridgehead atoms. The molecule has 1 saturated carbocycles. The lowest BCUT2D eigenvalue weighted by Crippen LogP contribution is -2.60. The number of hydrogen-bond acceptors (Lipinski definition) is 7. The summed E-state index contributed by atoms with van der Waals surface area (Å²) in [5, 5.41) is 22.5. The van der Waals surface area contributed by atoms with Gasteiger partial charge in [0.1, 0.15) is 11.9 Å². The fourth-order valence-electron chi connectivity index (χ4n) is 6.16. The van der Waals surface area contributed by atoms with Crippen molar-refractivity contribution in [2.45, 2.75) is 66.1 Å². The van der Waals surface area contributed by atoms with Crippen LogP contribution in [0.3, 0.4) is 0 Å². The van der Waals surface area contributed by atoms with Crippen molar-refractivity contribution in [1.82, 2.24) is 0 Å². The van der Waals surface area contributed by atoms with Gasteiger partial charge in [-0.25, -0.2) is 0 Å². The molecule has 7 heteroatoms. The zero-order chi connectivity index (χ0) is 22.6.